The highest BCUT2D eigenvalue weighted by Crippen LogP contribution is 2.31. The van der Waals surface area contributed by atoms with Crippen LogP contribution in [0.2, 0.25) is 10.0 Å². The first-order chi connectivity index (χ1) is 12.3. The van der Waals surface area contributed by atoms with Crippen LogP contribution < -0.4 is 5.32 Å². The van der Waals surface area contributed by atoms with Crippen LogP contribution in [0, 0.1) is 0 Å². The normalized spacial score (nSPS) is 12.0. The number of halogens is 5. The summed E-state index contributed by atoms with van der Waals surface area (Å²) in [7, 11) is 0. The summed E-state index contributed by atoms with van der Waals surface area (Å²) in [6.45, 7) is 0. The highest BCUT2D eigenvalue weighted by Gasteiger charge is 2.30. The van der Waals surface area contributed by atoms with E-state index >= 15 is 0 Å². The zero-order valence-electron chi connectivity index (χ0n) is 12.9. The van der Waals surface area contributed by atoms with Gasteiger partial charge in [0, 0.05) is 18.0 Å². The van der Waals surface area contributed by atoms with Gasteiger partial charge in [-0.25, -0.2) is 4.98 Å². The fourth-order valence-electron chi connectivity index (χ4n) is 2.24. The zero-order valence-corrected chi connectivity index (χ0v) is 14.4. The van der Waals surface area contributed by atoms with Crippen LogP contribution in [0.4, 0.5) is 13.2 Å². The number of alkyl halides is 3. The van der Waals surface area contributed by atoms with Crippen molar-refractivity contribution in [3.05, 3.63) is 70.1 Å². The number of fused-ring (bicyclic) bond motifs is 1. The Morgan fingerprint density at radius 2 is 1.88 bits per heavy atom. The van der Waals surface area contributed by atoms with Crippen molar-refractivity contribution in [3.63, 3.8) is 0 Å². The van der Waals surface area contributed by atoms with E-state index in [1.807, 2.05) is 0 Å². The third-order valence-corrected chi connectivity index (χ3v) is 4.27. The van der Waals surface area contributed by atoms with Gasteiger partial charge in [0.15, 0.2) is 0 Å². The minimum atomic E-state index is -4.43. The SMILES string of the molecule is O=C(NC=Cn1cnc2cc(C(F)(F)F)ccc21)c1ccc(Cl)c(Cl)c1. The predicted octanol–water partition coefficient (Wildman–Crippen LogP) is 5.22. The third kappa shape index (κ3) is 3.84. The van der Waals surface area contributed by atoms with Crippen LogP contribution in [0.25, 0.3) is 17.2 Å². The second-order valence-electron chi connectivity index (χ2n) is 5.27. The molecule has 1 aromatic heterocycles. The number of carbonyl (C=O) groups is 1. The van der Waals surface area contributed by atoms with Crippen LogP contribution in [0.5, 0.6) is 0 Å². The lowest BCUT2D eigenvalue weighted by Gasteiger charge is -2.06. The van der Waals surface area contributed by atoms with E-state index in [2.05, 4.69) is 10.3 Å². The van der Waals surface area contributed by atoms with Gasteiger partial charge in [0.05, 0.1) is 33.0 Å². The summed E-state index contributed by atoms with van der Waals surface area (Å²) in [6, 6.07) is 7.71. The van der Waals surface area contributed by atoms with Gasteiger partial charge >= 0.3 is 6.18 Å². The second-order valence-corrected chi connectivity index (χ2v) is 6.09. The number of rotatable bonds is 3. The van der Waals surface area contributed by atoms with Crippen LogP contribution in [-0.2, 0) is 6.18 Å². The quantitative estimate of drug-likeness (QED) is 0.656. The standard InChI is InChI=1S/C17H10Cl2F3N3O/c18-12-3-1-10(7-13(12)19)16(26)23-5-6-25-9-24-14-8-11(17(20,21)22)2-4-15(14)25/h1-9H,(H,23,26). The van der Waals surface area contributed by atoms with Gasteiger partial charge in [-0.3, -0.25) is 4.79 Å². The van der Waals surface area contributed by atoms with Gasteiger partial charge in [0.1, 0.15) is 0 Å². The summed E-state index contributed by atoms with van der Waals surface area (Å²) in [6.07, 6.45) is -0.254. The molecule has 9 heteroatoms. The topological polar surface area (TPSA) is 46.9 Å². The first-order valence-corrected chi connectivity index (χ1v) is 7.97. The van der Waals surface area contributed by atoms with E-state index in [1.54, 1.807) is 0 Å². The Kier molecular flexibility index (Phi) is 4.93. The molecular weight excluding hydrogens is 390 g/mol. The van der Waals surface area contributed by atoms with Crippen LogP contribution in [0.15, 0.2) is 48.9 Å². The summed E-state index contributed by atoms with van der Waals surface area (Å²) in [5.74, 6) is -0.413. The Bertz CT molecular complexity index is 1010. The summed E-state index contributed by atoms with van der Waals surface area (Å²) in [5.41, 5.74) is 0.208. The number of aromatic nitrogens is 2. The minimum Gasteiger partial charge on any atom is -0.327 e. The molecule has 0 saturated heterocycles. The molecule has 3 aromatic rings. The molecule has 0 fully saturated rings. The highest BCUT2D eigenvalue weighted by molar-refractivity contribution is 6.42. The number of nitrogens with one attached hydrogen (secondary N) is 1. The van der Waals surface area contributed by atoms with Crippen LogP contribution in [0.1, 0.15) is 15.9 Å². The Hall–Kier alpha value is -2.51. The van der Waals surface area contributed by atoms with Crippen LogP contribution in [-0.4, -0.2) is 15.5 Å². The largest absolute Gasteiger partial charge is 0.416 e. The van der Waals surface area contributed by atoms with Crippen molar-refractivity contribution in [1.29, 1.82) is 0 Å². The molecule has 4 nitrogen and oxygen atoms in total. The van der Waals surface area contributed by atoms with Gasteiger partial charge in [-0.15, -0.1) is 0 Å². The van der Waals surface area contributed by atoms with E-state index in [1.165, 1.54) is 47.6 Å². The molecule has 1 amide bonds. The molecule has 0 spiro atoms. The van der Waals surface area contributed by atoms with E-state index in [9.17, 15) is 18.0 Å². The molecule has 1 heterocycles. The lowest BCUT2D eigenvalue weighted by Crippen LogP contribution is -2.17. The van der Waals surface area contributed by atoms with E-state index in [4.69, 9.17) is 23.2 Å². The third-order valence-electron chi connectivity index (χ3n) is 3.53. The van der Waals surface area contributed by atoms with E-state index in [-0.39, 0.29) is 10.5 Å². The van der Waals surface area contributed by atoms with Gasteiger partial charge in [-0.1, -0.05) is 23.2 Å². The molecule has 134 valence electrons. The summed E-state index contributed by atoms with van der Waals surface area (Å²) in [4.78, 5) is 16.0. The van der Waals surface area contributed by atoms with Gasteiger partial charge in [0.2, 0.25) is 0 Å². The van der Waals surface area contributed by atoms with Crippen molar-refractivity contribution in [2.45, 2.75) is 6.18 Å². The molecule has 0 saturated carbocycles. The van der Waals surface area contributed by atoms with E-state index in [0.717, 1.165) is 12.1 Å². The number of hydrogen-bond donors (Lipinski definition) is 1. The number of benzene rings is 2. The van der Waals surface area contributed by atoms with Crippen molar-refractivity contribution in [2.24, 2.45) is 0 Å². The van der Waals surface area contributed by atoms with E-state index < -0.39 is 17.6 Å². The minimum absolute atomic E-state index is 0.195. The first-order valence-electron chi connectivity index (χ1n) is 7.22. The molecule has 0 radical (unpaired) electrons. The fourth-order valence-corrected chi connectivity index (χ4v) is 2.54. The number of hydrogen-bond acceptors (Lipinski definition) is 2. The fraction of sp³-hybridized carbons (Fsp3) is 0.0588. The monoisotopic (exact) mass is 399 g/mol. The summed E-state index contributed by atoms with van der Waals surface area (Å²) < 4.78 is 39.6. The molecule has 2 aromatic carbocycles. The molecule has 0 aliphatic carbocycles. The highest BCUT2D eigenvalue weighted by atomic mass is 35.5. The number of amides is 1. The predicted molar refractivity (Wildman–Crippen MR) is 94.0 cm³/mol. The number of carbonyl (C=O) groups excluding carboxylic acids is 1. The molecule has 0 atom stereocenters. The van der Waals surface area contributed by atoms with Crippen molar-refractivity contribution in [1.82, 2.24) is 14.9 Å². The average molecular weight is 400 g/mol. The van der Waals surface area contributed by atoms with Gasteiger partial charge in [-0.2, -0.15) is 13.2 Å². The molecule has 0 aliphatic heterocycles. The molecule has 0 aliphatic rings. The molecule has 0 bridgehead atoms. The Labute approximate surface area is 155 Å². The van der Waals surface area contributed by atoms with E-state index in [0.29, 0.717) is 16.1 Å². The Balaban J connectivity index is 1.76. The maximum atomic E-state index is 12.7. The lowest BCUT2D eigenvalue weighted by atomic mass is 10.2. The first kappa shape index (κ1) is 18.3. The summed E-state index contributed by atoms with van der Waals surface area (Å²) >= 11 is 11.7. The van der Waals surface area contributed by atoms with Crippen molar-refractivity contribution < 1.29 is 18.0 Å². The molecule has 0 unspecified atom stereocenters. The Morgan fingerprint density at radius 1 is 1.12 bits per heavy atom. The zero-order chi connectivity index (χ0) is 18.9. The van der Waals surface area contributed by atoms with Crippen LogP contribution in [0.3, 0.4) is 0 Å². The second kappa shape index (κ2) is 7.01. The smallest absolute Gasteiger partial charge is 0.327 e. The average Bonchev–Trinajstić information content (AvgIpc) is 2.99. The van der Waals surface area contributed by atoms with Gasteiger partial charge in [-0.05, 0) is 36.4 Å². The number of imidazole rings is 1. The van der Waals surface area contributed by atoms with Gasteiger partial charge in [0.25, 0.3) is 5.91 Å². The lowest BCUT2D eigenvalue weighted by molar-refractivity contribution is -0.137. The van der Waals surface area contributed by atoms with Crippen molar-refractivity contribution in [3.8, 4) is 0 Å². The molecule has 3 rings (SSSR count). The molecule has 26 heavy (non-hydrogen) atoms. The molecule has 1 N–H and O–H groups in total. The van der Waals surface area contributed by atoms with Gasteiger partial charge < -0.3 is 9.88 Å². The van der Waals surface area contributed by atoms with Crippen molar-refractivity contribution >= 4 is 46.3 Å². The molecular formula is C17H10Cl2F3N3O. The van der Waals surface area contributed by atoms with Crippen molar-refractivity contribution in [2.75, 3.05) is 0 Å². The maximum absolute atomic E-state index is 12.7. The van der Waals surface area contributed by atoms with Crippen LogP contribution >= 0.6 is 23.2 Å². The summed E-state index contributed by atoms with van der Waals surface area (Å²) in [5, 5.41) is 3.12. The maximum Gasteiger partial charge on any atom is 0.416 e. The Morgan fingerprint density at radius 3 is 2.58 bits per heavy atom. The number of nitrogens with zero attached hydrogens (tertiary/aromatic N) is 2.